The number of amides is 1. The van der Waals surface area contributed by atoms with E-state index >= 15 is 0 Å². The maximum absolute atomic E-state index is 11.5. The second-order valence-corrected chi connectivity index (χ2v) is 3.99. The molecular weight excluding hydrogens is 188 g/mol. The molecule has 0 aliphatic heterocycles. The highest BCUT2D eigenvalue weighted by Crippen LogP contribution is 2.11. The molecule has 1 amide bonds. The average Bonchev–Trinajstić information content (AvgIpc) is 2.25. The monoisotopic (exact) mass is 214 g/mol. The van der Waals surface area contributed by atoms with Gasteiger partial charge in [-0.3, -0.25) is 4.79 Å². The van der Waals surface area contributed by atoms with Crippen LogP contribution in [0, 0.1) is 5.92 Å². The van der Waals surface area contributed by atoms with Crippen LogP contribution in [-0.2, 0) is 4.79 Å². The second kappa shape index (κ2) is 9.97. The molecule has 0 fully saturated rings. The third-order valence-electron chi connectivity index (χ3n) is 2.68. The van der Waals surface area contributed by atoms with Gasteiger partial charge in [-0.25, -0.2) is 0 Å². The highest BCUT2D eigenvalue weighted by molar-refractivity contribution is 5.76. The third kappa shape index (κ3) is 8.43. The summed E-state index contributed by atoms with van der Waals surface area (Å²) in [6, 6.07) is 0. The molecule has 0 spiro atoms. The standard InChI is InChI=1S/C12H26N2O/c1-4-7-13-8-9-14-12(15)10-11(5-2)6-3/h11,13H,4-10H2,1-3H3,(H,14,15). The Bertz CT molecular complexity index is 156. The van der Waals surface area contributed by atoms with Gasteiger partial charge in [-0.15, -0.1) is 0 Å². The van der Waals surface area contributed by atoms with Gasteiger partial charge in [0.25, 0.3) is 0 Å². The number of rotatable bonds is 9. The zero-order valence-corrected chi connectivity index (χ0v) is 10.4. The van der Waals surface area contributed by atoms with Crippen LogP contribution in [0.2, 0.25) is 0 Å². The predicted octanol–water partition coefficient (Wildman–Crippen LogP) is 1.93. The van der Waals surface area contributed by atoms with E-state index in [0.717, 1.165) is 38.9 Å². The lowest BCUT2D eigenvalue weighted by atomic mass is 9.99. The number of carbonyl (C=O) groups is 1. The fraction of sp³-hybridized carbons (Fsp3) is 0.917. The van der Waals surface area contributed by atoms with Crippen molar-refractivity contribution in [3.63, 3.8) is 0 Å². The van der Waals surface area contributed by atoms with Crippen LogP contribution in [-0.4, -0.2) is 25.5 Å². The molecule has 0 bridgehead atoms. The minimum absolute atomic E-state index is 0.196. The molecule has 0 heterocycles. The van der Waals surface area contributed by atoms with Crippen molar-refractivity contribution in [3.8, 4) is 0 Å². The molecule has 0 saturated heterocycles. The SMILES string of the molecule is CCCNCCNC(=O)CC(CC)CC. The highest BCUT2D eigenvalue weighted by Gasteiger charge is 2.08. The number of hydrogen-bond donors (Lipinski definition) is 2. The van der Waals surface area contributed by atoms with E-state index in [4.69, 9.17) is 0 Å². The summed E-state index contributed by atoms with van der Waals surface area (Å²) < 4.78 is 0. The maximum atomic E-state index is 11.5. The van der Waals surface area contributed by atoms with Crippen molar-refractivity contribution in [1.82, 2.24) is 10.6 Å². The fourth-order valence-electron chi connectivity index (χ4n) is 1.50. The average molecular weight is 214 g/mol. The molecule has 3 heteroatoms. The van der Waals surface area contributed by atoms with Crippen molar-refractivity contribution in [2.24, 2.45) is 5.92 Å². The zero-order chi connectivity index (χ0) is 11.5. The number of hydrogen-bond acceptors (Lipinski definition) is 2. The first-order chi connectivity index (χ1) is 7.24. The van der Waals surface area contributed by atoms with Crippen molar-refractivity contribution >= 4 is 5.91 Å². The minimum Gasteiger partial charge on any atom is -0.355 e. The Morgan fingerprint density at radius 2 is 1.73 bits per heavy atom. The molecule has 0 aromatic carbocycles. The van der Waals surface area contributed by atoms with E-state index in [9.17, 15) is 4.79 Å². The number of carbonyl (C=O) groups excluding carboxylic acids is 1. The molecule has 2 N–H and O–H groups in total. The maximum Gasteiger partial charge on any atom is 0.220 e. The Balaban J connectivity index is 3.40. The molecular formula is C12H26N2O. The summed E-state index contributed by atoms with van der Waals surface area (Å²) in [7, 11) is 0. The first-order valence-electron chi connectivity index (χ1n) is 6.21. The second-order valence-electron chi connectivity index (χ2n) is 3.99. The molecule has 0 rings (SSSR count). The van der Waals surface area contributed by atoms with Crippen LogP contribution in [0.3, 0.4) is 0 Å². The molecule has 0 saturated carbocycles. The first-order valence-corrected chi connectivity index (χ1v) is 6.21. The first kappa shape index (κ1) is 14.4. The van der Waals surface area contributed by atoms with Crippen molar-refractivity contribution < 1.29 is 4.79 Å². The van der Waals surface area contributed by atoms with Crippen molar-refractivity contribution in [3.05, 3.63) is 0 Å². The molecule has 0 radical (unpaired) electrons. The molecule has 0 atom stereocenters. The van der Waals surface area contributed by atoms with Crippen LogP contribution in [0.25, 0.3) is 0 Å². The van der Waals surface area contributed by atoms with Crippen molar-refractivity contribution in [1.29, 1.82) is 0 Å². The zero-order valence-electron chi connectivity index (χ0n) is 10.4. The lowest BCUT2D eigenvalue weighted by molar-refractivity contribution is -0.122. The Kier molecular flexibility index (Phi) is 9.59. The fourth-order valence-corrected chi connectivity index (χ4v) is 1.50. The Morgan fingerprint density at radius 3 is 2.27 bits per heavy atom. The van der Waals surface area contributed by atoms with E-state index in [-0.39, 0.29) is 5.91 Å². The summed E-state index contributed by atoms with van der Waals surface area (Å²) in [6.45, 7) is 9.08. The molecule has 0 aromatic rings. The molecule has 15 heavy (non-hydrogen) atoms. The highest BCUT2D eigenvalue weighted by atomic mass is 16.1. The molecule has 90 valence electrons. The van der Waals surface area contributed by atoms with E-state index in [1.54, 1.807) is 0 Å². The van der Waals surface area contributed by atoms with Gasteiger partial charge >= 0.3 is 0 Å². The van der Waals surface area contributed by atoms with Crippen LogP contribution < -0.4 is 10.6 Å². The summed E-state index contributed by atoms with van der Waals surface area (Å²) in [5, 5.41) is 6.20. The van der Waals surface area contributed by atoms with Crippen molar-refractivity contribution in [2.75, 3.05) is 19.6 Å². The lowest BCUT2D eigenvalue weighted by Gasteiger charge is -2.12. The third-order valence-corrected chi connectivity index (χ3v) is 2.68. The summed E-state index contributed by atoms with van der Waals surface area (Å²) in [5.41, 5.74) is 0. The summed E-state index contributed by atoms with van der Waals surface area (Å²) in [4.78, 5) is 11.5. The van der Waals surface area contributed by atoms with Gasteiger partial charge in [-0.2, -0.15) is 0 Å². The lowest BCUT2D eigenvalue weighted by Crippen LogP contribution is -2.32. The molecule has 0 aliphatic carbocycles. The van der Waals surface area contributed by atoms with Gasteiger partial charge in [0.05, 0.1) is 0 Å². The van der Waals surface area contributed by atoms with Crippen LogP contribution >= 0.6 is 0 Å². The van der Waals surface area contributed by atoms with Gasteiger partial charge in [0.15, 0.2) is 0 Å². The summed E-state index contributed by atoms with van der Waals surface area (Å²) in [5.74, 6) is 0.746. The van der Waals surface area contributed by atoms with Gasteiger partial charge in [0, 0.05) is 19.5 Å². The van der Waals surface area contributed by atoms with Crippen molar-refractivity contribution in [2.45, 2.75) is 46.5 Å². The van der Waals surface area contributed by atoms with Gasteiger partial charge in [-0.05, 0) is 18.9 Å². The van der Waals surface area contributed by atoms with Gasteiger partial charge in [0.1, 0.15) is 0 Å². The normalized spacial score (nSPS) is 10.7. The molecule has 0 unspecified atom stereocenters. The van der Waals surface area contributed by atoms with Gasteiger partial charge < -0.3 is 10.6 Å². The van der Waals surface area contributed by atoms with Crippen LogP contribution in [0.5, 0.6) is 0 Å². The Morgan fingerprint density at radius 1 is 1.07 bits per heavy atom. The van der Waals surface area contributed by atoms with Crippen LogP contribution in [0.4, 0.5) is 0 Å². The summed E-state index contributed by atoms with van der Waals surface area (Å²) >= 11 is 0. The van der Waals surface area contributed by atoms with E-state index in [1.165, 1.54) is 0 Å². The predicted molar refractivity (Wildman–Crippen MR) is 64.9 cm³/mol. The molecule has 0 aromatic heterocycles. The molecule has 3 nitrogen and oxygen atoms in total. The van der Waals surface area contributed by atoms with Crippen LogP contribution in [0.15, 0.2) is 0 Å². The van der Waals surface area contributed by atoms with E-state index in [2.05, 4.69) is 31.4 Å². The summed E-state index contributed by atoms with van der Waals surface area (Å²) in [6.07, 6.45) is 4.01. The van der Waals surface area contributed by atoms with Crippen LogP contribution in [0.1, 0.15) is 46.5 Å². The van der Waals surface area contributed by atoms with E-state index < -0.39 is 0 Å². The largest absolute Gasteiger partial charge is 0.355 e. The minimum atomic E-state index is 0.196. The quantitative estimate of drug-likeness (QED) is 0.576. The van der Waals surface area contributed by atoms with Gasteiger partial charge in [0.2, 0.25) is 5.91 Å². The van der Waals surface area contributed by atoms with E-state index in [0.29, 0.717) is 12.3 Å². The topological polar surface area (TPSA) is 41.1 Å². The van der Waals surface area contributed by atoms with E-state index in [1.807, 2.05) is 0 Å². The Hall–Kier alpha value is -0.570. The Labute approximate surface area is 94.0 Å². The molecule has 0 aliphatic rings. The van der Waals surface area contributed by atoms with Gasteiger partial charge in [-0.1, -0.05) is 33.6 Å². The number of nitrogens with one attached hydrogen (secondary N) is 2. The smallest absolute Gasteiger partial charge is 0.220 e.